The lowest BCUT2D eigenvalue weighted by Crippen LogP contribution is -2.42. The lowest BCUT2D eigenvalue weighted by Gasteiger charge is -2.31. The van der Waals surface area contributed by atoms with E-state index in [1.807, 2.05) is 0 Å². The van der Waals surface area contributed by atoms with Crippen molar-refractivity contribution in [2.75, 3.05) is 6.54 Å². The molecular weight excluding hydrogens is 357 g/mol. The van der Waals surface area contributed by atoms with Crippen LogP contribution in [0.25, 0.3) is 0 Å². The minimum atomic E-state index is -1.20. The second-order valence-electron chi connectivity index (χ2n) is 5.93. The van der Waals surface area contributed by atoms with Gasteiger partial charge in [-0.1, -0.05) is 6.07 Å². The molecule has 1 aromatic carbocycles. The third-order valence-electron chi connectivity index (χ3n) is 3.81. The molecule has 2 radical (unpaired) electrons. The Kier molecular flexibility index (Phi) is 7.20. The normalized spacial score (nSPS) is 21.9. The van der Waals surface area contributed by atoms with Crippen LogP contribution in [0.1, 0.15) is 35.7 Å². The Morgan fingerprint density at radius 2 is 2.07 bits per heavy atom. The number of benzene rings is 1. The number of hydrogen-bond acceptors (Lipinski definition) is 7. The van der Waals surface area contributed by atoms with Gasteiger partial charge in [0.25, 0.3) is 5.91 Å². The number of carbonyl (C=O) groups excluding carboxylic acids is 2. The molecule has 1 amide bonds. The summed E-state index contributed by atoms with van der Waals surface area (Å²) in [6.07, 6.45) is -3.11. The maximum Gasteiger partial charge on any atom is 0.333 e. The highest BCUT2D eigenvalue weighted by molar-refractivity contribution is 6.55. The van der Waals surface area contributed by atoms with Crippen LogP contribution < -0.4 is 10.1 Å². The van der Waals surface area contributed by atoms with Gasteiger partial charge in [-0.15, -0.1) is 0 Å². The van der Waals surface area contributed by atoms with Crippen molar-refractivity contribution in [1.82, 2.24) is 5.32 Å². The first-order valence-electron chi connectivity index (χ1n) is 8.36. The molecule has 1 aromatic rings. The standard InChI is InChI=1S/C17H20BNO8/c1-2-19-15(21)11-5-9(8-25-17(18)24)3-4-12(11)26-14-7-10(20)6-13(27-14)16(22)23/h3-5,10,13-14,20H,2,6-8H2,1H3,(H,19,21)(H,22,23). The number of rotatable bonds is 7. The predicted octanol–water partition coefficient (Wildman–Crippen LogP) is 0.571. The summed E-state index contributed by atoms with van der Waals surface area (Å²) in [5.41, 5.74) is 0.661. The Bertz CT molecular complexity index is 710. The summed E-state index contributed by atoms with van der Waals surface area (Å²) < 4.78 is 15.7. The molecule has 0 bridgehead atoms. The van der Waals surface area contributed by atoms with Gasteiger partial charge in [0.05, 0.1) is 11.7 Å². The minimum absolute atomic E-state index is 0.0399. The zero-order chi connectivity index (χ0) is 20.0. The Morgan fingerprint density at radius 3 is 2.70 bits per heavy atom. The number of aliphatic carboxylic acids is 1. The molecule has 3 atom stereocenters. The van der Waals surface area contributed by atoms with E-state index in [1.165, 1.54) is 12.1 Å². The summed E-state index contributed by atoms with van der Waals surface area (Å²) in [6.45, 7) is 2.00. The fourth-order valence-electron chi connectivity index (χ4n) is 2.59. The van der Waals surface area contributed by atoms with Crippen LogP contribution >= 0.6 is 0 Å². The molecule has 1 aliphatic rings. The van der Waals surface area contributed by atoms with Crippen LogP contribution in [0.5, 0.6) is 5.75 Å². The number of aliphatic hydroxyl groups is 1. The zero-order valence-electron chi connectivity index (χ0n) is 14.7. The van der Waals surface area contributed by atoms with Crippen LogP contribution in [0.15, 0.2) is 18.2 Å². The van der Waals surface area contributed by atoms with E-state index < -0.39 is 36.2 Å². The number of carboxylic acids is 1. The molecule has 1 heterocycles. The van der Waals surface area contributed by atoms with Crippen LogP contribution in [0.3, 0.4) is 0 Å². The van der Waals surface area contributed by atoms with Gasteiger partial charge < -0.3 is 29.7 Å². The second-order valence-corrected chi connectivity index (χ2v) is 5.93. The van der Waals surface area contributed by atoms with Crippen molar-refractivity contribution in [3.8, 4) is 5.75 Å². The minimum Gasteiger partial charge on any atom is -0.479 e. The van der Waals surface area contributed by atoms with E-state index in [4.69, 9.17) is 27.2 Å². The first-order valence-corrected chi connectivity index (χ1v) is 8.36. The molecule has 1 saturated heterocycles. The van der Waals surface area contributed by atoms with Crippen molar-refractivity contribution in [3.05, 3.63) is 29.3 Å². The number of ether oxygens (including phenoxy) is 3. The van der Waals surface area contributed by atoms with Crippen molar-refractivity contribution in [2.45, 2.75) is 44.9 Å². The van der Waals surface area contributed by atoms with Gasteiger partial charge in [-0.05, 0) is 24.6 Å². The molecule has 10 heteroatoms. The maximum atomic E-state index is 12.3. The first-order chi connectivity index (χ1) is 12.8. The van der Waals surface area contributed by atoms with Crippen molar-refractivity contribution in [2.24, 2.45) is 0 Å². The predicted molar refractivity (Wildman–Crippen MR) is 92.6 cm³/mol. The van der Waals surface area contributed by atoms with Crippen molar-refractivity contribution >= 4 is 25.6 Å². The molecule has 1 fully saturated rings. The van der Waals surface area contributed by atoms with Gasteiger partial charge in [-0.3, -0.25) is 9.59 Å². The zero-order valence-corrected chi connectivity index (χ0v) is 14.7. The monoisotopic (exact) mass is 377 g/mol. The summed E-state index contributed by atoms with van der Waals surface area (Å²) in [7, 11) is 4.94. The largest absolute Gasteiger partial charge is 0.479 e. The average molecular weight is 377 g/mol. The molecule has 0 spiro atoms. The number of carboxylic acid groups (broad SMARTS) is 1. The van der Waals surface area contributed by atoms with Gasteiger partial charge in [-0.25, -0.2) is 4.79 Å². The first kappa shape index (κ1) is 20.7. The van der Waals surface area contributed by atoms with E-state index >= 15 is 0 Å². The van der Waals surface area contributed by atoms with Gasteiger partial charge >= 0.3 is 5.97 Å². The summed E-state index contributed by atoms with van der Waals surface area (Å²) >= 11 is 0. The molecule has 0 saturated carbocycles. The topological polar surface area (TPSA) is 131 Å². The van der Waals surface area contributed by atoms with Crippen molar-refractivity contribution < 1.29 is 38.8 Å². The van der Waals surface area contributed by atoms with Gasteiger partial charge in [0.15, 0.2) is 6.10 Å². The quantitative estimate of drug-likeness (QED) is 0.588. The molecule has 3 unspecified atom stereocenters. The van der Waals surface area contributed by atoms with Crippen LogP contribution in [-0.4, -0.2) is 60.8 Å². The highest BCUT2D eigenvalue weighted by Gasteiger charge is 2.34. The van der Waals surface area contributed by atoms with Gasteiger partial charge in [-0.2, -0.15) is 0 Å². The summed E-state index contributed by atoms with van der Waals surface area (Å²) in [6, 6.07) is 4.51. The van der Waals surface area contributed by atoms with E-state index in [9.17, 15) is 19.5 Å². The van der Waals surface area contributed by atoms with E-state index in [0.717, 1.165) is 0 Å². The summed E-state index contributed by atoms with van der Waals surface area (Å²) in [4.78, 5) is 34.2. The van der Waals surface area contributed by atoms with E-state index in [1.54, 1.807) is 13.0 Å². The fourth-order valence-corrected chi connectivity index (χ4v) is 2.59. The van der Waals surface area contributed by atoms with Crippen molar-refractivity contribution in [1.29, 1.82) is 0 Å². The maximum absolute atomic E-state index is 12.3. The lowest BCUT2D eigenvalue weighted by molar-refractivity contribution is -0.195. The number of hydrogen-bond donors (Lipinski definition) is 3. The average Bonchev–Trinajstić information content (AvgIpc) is 2.60. The van der Waals surface area contributed by atoms with E-state index in [0.29, 0.717) is 12.1 Å². The number of nitrogens with one attached hydrogen (secondary N) is 1. The molecular formula is C17H20BNO8. The number of amides is 1. The van der Waals surface area contributed by atoms with E-state index in [-0.39, 0.29) is 30.8 Å². The molecule has 144 valence electrons. The Labute approximate surface area is 157 Å². The lowest BCUT2D eigenvalue weighted by atomic mass is 10.0. The highest BCUT2D eigenvalue weighted by atomic mass is 16.7. The third-order valence-corrected chi connectivity index (χ3v) is 3.81. The summed E-state index contributed by atoms with van der Waals surface area (Å²) in [5, 5.41) is 21.6. The molecule has 1 aliphatic heterocycles. The number of carbonyl (C=O) groups is 3. The molecule has 3 N–H and O–H groups in total. The van der Waals surface area contributed by atoms with E-state index in [2.05, 4.69) is 5.32 Å². The Morgan fingerprint density at radius 1 is 1.33 bits per heavy atom. The number of aliphatic hydroxyl groups excluding tert-OH is 1. The molecule has 0 aliphatic carbocycles. The molecule has 0 aromatic heterocycles. The van der Waals surface area contributed by atoms with Crippen LogP contribution in [0, 0.1) is 0 Å². The van der Waals surface area contributed by atoms with Crippen LogP contribution in [0.4, 0.5) is 4.79 Å². The fraction of sp³-hybridized carbons (Fsp3) is 0.471. The molecule has 2 rings (SSSR count). The Balaban J connectivity index is 2.21. The second kappa shape index (κ2) is 9.38. The molecule has 27 heavy (non-hydrogen) atoms. The van der Waals surface area contributed by atoms with Gasteiger partial charge in [0.2, 0.25) is 20.0 Å². The van der Waals surface area contributed by atoms with Crippen molar-refractivity contribution in [3.63, 3.8) is 0 Å². The smallest absolute Gasteiger partial charge is 0.333 e. The van der Waals surface area contributed by atoms with Gasteiger partial charge in [0.1, 0.15) is 12.4 Å². The highest BCUT2D eigenvalue weighted by Crippen LogP contribution is 2.27. The molecule has 9 nitrogen and oxygen atoms in total. The Hall–Kier alpha value is -2.59. The third kappa shape index (κ3) is 5.97. The summed E-state index contributed by atoms with van der Waals surface area (Å²) in [5.74, 6) is -2.43. The van der Waals surface area contributed by atoms with Crippen LogP contribution in [0.2, 0.25) is 0 Å². The SMILES string of the molecule is [B]C(=O)OCc1ccc(OC2CC(O)CC(C(=O)O)O2)c(C(=O)NCC)c1. The van der Waals surface area contributed by atoms with Crippen LogP contribution in [-0.2, 0) is 20.9 Å². The van der Waals surface area contributed by atoms with Gasteiger partial charge in [0, 0.05) is 19.4 Å².